The molecule has 0 saturated carbocycles. The van der Waals surface area contributed by atoms with Crippen molar-refractivity contribution in [1.29, 1.82) is 0 Å². The summed E-state index contributed by atoms with van der Waals surface area (Å²) in [7, 11) is 0. The highest BCUT2D eigenvalue weighted by atomic mass is 19.1. The standard InChI is InChI=1S/C17H30FN/c1-6-10-15(12-11-14(5)7-2)17(9-4)19-13-16(18)8-3/h8,13-15H,3,6-7,9-12H2,1-2,4-5H3/b16-13+,19-17?. The third-order valence-electron chi connectivity index (χ3n) is 3.72. The van der Waals surface area contributed by atoms with Crippen molar-refractivity contribution in [3.8, 4) is 0 Å². The first-order chi connectivity index (χ1) is 9.08. The Morgan fingerprint density at radius 1 is 1.21 bits per heavy atom. The molecule has 19 heavy (non-hydrogen) atoms. The predicted molar refractivity (Wildman–Crippen MR) is 84.2 cm³/mol. The fraction of sp³-hybridized carbons (Fsp3) is 0.706. The van der Waals surface area contributed by atoms with Crippen molar-refractivity contribution in [3.63, 3.8) is 0 Å². The summed E-state index contributed by atoms with van der Waals surface area (Å²) in [5.41, 5.74) is 1.13. The molecule has 0 saturated heterocycles. The molecule has 2 unspecified atom stereocenters. The van der Waals surface area contributed by atoms with Gasteiger partial charge in [0, 0.05) is 5.71 Å². The number of rotatable bonds is 10. The molecule has 2 heteroatoms. The smallest absolute Gasteiger partial charge is 0.140 e. The first-order valence-electron chi connectivity index (χ1n) is 7.63. The zero-order valence-electron chi connectivity index (χ0n) is 13.1. The van der Waals surface area contributed by atoms with Crippen LogP contribution in [0.2, 0.25) is 0 Å². The molecular formula is C17H30FN. The predicted octanol–water partition coefficient (Wildman–Crippen LogP) is 6.08. The van der Waals surface area contributed by atoms with Gasteiger partial charge >= 0.3 is 0 Å². The summed E-state index contributed by atoms with van der Waals surface area (Å²) in [5.74, 6) is 0.902. The maximum atomic E-state index is 13.1. The highest BCUT2D eigenvalue weighted by Crippen LogP contribution is 2.22. The minimum atomic E-state index is -0.358. The van der Waals surface area contributed by atoms with Crippen molar-refractivity contribution in [3.05, 3.63) is 24.7 Å². The van der Waals surface area contributed by atoms with Gasteiger partial charge in [-0.15, -0.1) is 0 Å². The second kappa shape index (κ2) is 11.0. The topological polar surface area (TPSA) is 12.4 Å². The molecule has 0 aromatic rings. The normalized spacial score (nSPS) is 16.3. The molecule has 110 valence electrons. The molecule has 0 rings (SSSR count). The van der Waals surface area contributed by atoms with E-state index >= 15 is 0 Å². The molecule has 0 bridgehead atoms. The molecule has 0 amide bonds. The van der Waals surface area contributed by atoms with Gasteiger partial charge in [0.1, 0.15) is 5.83 Å². The van der Waals surface area contributed by atoms with Gasteiger partial charge in [-0.3, -0.25) is 4.99 Å². The summed E-state index contributed by atoms with van der Waals surface area (Å²) in [6.07, 6.45) is 9.31. The molecular weight excluding hydrogens is 237 g/mol. The Morgan fingerprint density at radius 2 is 1.89 bits per heavy atom. The first kappa shape index (κ1) is 18.1. The molecule has 0 aliphatic carbocycles. The Morgan fingerprint density at radius 3 is 2.37 bits per heavy atom. The van der Waals surface area contributed by atoms with Crippen molar-refractivity contribution in [2.75, 3.05) is 0 Å². The minimum Gasteiger partial charge on any atom is -0.262 e. The van der Waals surface area contributed by atoms with Crippen LogP contribution in [0.25, 0.3) is 0 Å². The third kappa shape index (κ3) is 7.97. The quantitative estimate of drug-likeness (QED) is 0.336. The van der Waals surface area contributed by atoms with Crippen LogP contribution < -0.4 is 0 Å². The van der Waals surface area contributed by atoms with Crippen LogP contribution in [0.4, 0.5) is 4.39 Å². The number of halogens is 1. The van der Waals surface area contributed by atoms with Crippen LogP contribution in [0.5, 0.6) is 0 Å². The number of hydrogen-bond donors (Lipinski definition) is 0. The minimum absolute atomic E-state index is 0.358. The van der Waals surface area contributed by atoms with Crippen LogP contribution in [0.3, 0.4) is 0 Å². The van der Waals surface area contributed by atoms with Crippen molar-refractivity contribution >= 4 is 5.71 Å². The van der Waals surface area contributed by atoms with E-state index in [9.17, 15) is 4.39 Å². The summed E-state index contributed by atoms with van der Waals surface area (Å²) >= 11 is 0. The van der Waals surface area contributed by atoms with E-state index < -0.39 is 0 Å². The monoisotopic (exact) mass is 267 g/mol. The van der Waals surface area contributed by atoms with Crippen LogP contribution in [-0.2, 0) is 0 Å². The molecule has 2 atom stereocenters. The van der Waals surface area contributed by atoms with Crippen LogP contribution >= 0.6 is 0 Å². The van der Waals surface area contributed by atoms with Crippen LogP contribution in [-0.4, -0.2) is 5.71 Å². The lowest BCUT2D eigenvalue weighted by atomic mass is 9.88. The van der Waals surface area contributed by atoms with Gasteiger partial charge in [0.2, 0.25) is 0 Å². The SMILES string of the molecule is C=C/C(F)=C\N=C(CC)C(CCC)CCC(C)CC. The molecule has 0 aliphatic rings. The lowest BCUT2D eigenvalue weighted by Gasteiger charge is -2.19. The third-order valence-corrected chi connectivity index (χ3v) is 3.72. The van der Waals surface area contributed by atoms with Crippen molar-refractivity contribution in [2.24, 2.45) is 16.8 Å². The first-order valence-corrected chi connectivity index (χ1v) is 7.63. The summed E-state index contributed by atoms with van der Waals surface area (Å²) in [6.45, 7) is 12.2. The lowest BCUT2D eigenvalue weighted by molar-refractivity contribution is 0.440. The number of aliphatic imine (C=N–C) groups is 1. The van der Waals surface area contributed by atoms with Gasteiger partial charge in [-0.2, -0.15) is 0 Å². The van der Waals surface area contributed by atoms with Gasteiger partial charge < -0.3 is 0 Å². The Balaban J connectivity index is 4.74. The van der Waals surface area contributed by atoms with E-state index in [0.29, 0.717) is 5.92 Å². The molecule has 0 fully saturated rings. The number of hydrogen-bond acceptors (Lipinski definition) is 1. The average Bonchev–Trinajstić information content (AvgIpc) is 2.44. The van der Waals surface area contributed by atoms with Crippen LogP contribution in [0.1, 0.15) is 66.2 Å². The molecule has 0 spiro atoms. The second-order valence-corrected chi connectivity index (χ2v) is 5.27. The van der Waals surface area contributed by atoms with Gasteiger partial charge in [-0.05, 0) is 37.2 Å². The molecule has 0 aromatic carbocycles. The second-order valence-electron chi connectivity index (χ2n) is 5.27. The van der Waals surface area contributed by atoms with Gasteiger partial charge in [-0.25, -0.2) is 4.39 Å². The van der Waals surface area contributed by atoms with E-state index in [1.54, 1.807) is 0 Å². The molecule has 0 radical (unpaired) electrons. The summed E-state index contributed by atoms with van der Waals surface area (Å²) in [4.78, 5) is 4.34. The van der Waals surface area contributed by atoms with E-state index in [4.69, 9.17) is 0 Å². The van der Waals surface area contributed by atoms with E-state index in [1.165, 1.54) is 31.5 Å². The van der Waals surface area contributed by atoms with Crippen molar-refractivity contribution < 1.29 is 4.39 Å². The van der Waals surface area contributed by atoms with Gasteiger partial charge in [0.25, 0.3) is 0 Å². The lowest BCUT2D eigenvalue weighted by Crippen LogP contribution is -2.15. The van der Waals surface area contributed by atoms with Crippen molar-refractivity contribution in [1.82, 2.24) is 0 Å². The van der Waals surface area contributed by atoms with E-state index in [0.717, 1.165) is 30.9 Å². The Labute approximate surface area is 118 Å². The average molecular weight is 267 g/mol. The largest absolute Gasteiger partial charge is 0.262 e. The van der Waals surface area contributed by atoms with E-state index in [-0.39, 0.29) is 5.83 Å². The zero-order chi connectivity index (χ0) is 14.7. The molecule has 1 nitrogen and oxygen atoms in total. The van der Waals surface area contributed by atoms with E-state index in [1.807, 2.05) is 0 Å². The fourth-order valence-electron chi connectivity index (χ4n) is 2.20. The maximum absolute atomic E-state index is 13.1. The summed E-state index contributed by atoms with van der Waals surface area (Å²) in [6, 6.07) is 0. The zero-order valence-corrected chi connectivity index (χ0v) is 13.1. The number of nitrogens with zero attached hydrogens (tertiary/aromatic N) is 1. The molecule has 0 aromatic heterocycles. The summed E-state index contributed by atoms with van der Waals surface area (Å²) < 4.78 is 13.1. The molecule has 0 aliphatic heterocycles. The van der Waals surface area contributed by atoms with Crippen LogP contribution in [0, 0.1) is 11.8 Å². The fourth-order valence-corrected chi connectivity index (χ4v) is 2.20. The maximum Gasteiger partial charge on any atom is 0.140 e. The summed E-state index contributed by atoms with van der Waals surface area (Å²) in [5, 5.41) is 0. The molecule has 0 heterocycles. The van der Waals surface area contributed by atoms with Gasteiger partial charge in [0.15, 0.2) is 0 Å². The Bertz CT molecular complexity index is 304. The van der Waals surface area contributed by atoms with Crippen LogP contribution in [0.15, 0.2) is 29.7 Å². The highest BCUT2D eigenvalue weighted by molar-refractivity contribution is 5.87. The van der Waals surface area contributed by atoms with Gasteiger partial charge in [-0.1, -0.05) is 53.5 Å². The number of allylic oxidation sites excluding steroid dienone is 2. The van der Waals surface area contributed by atoms with Gasteiger partial charge in [0.05, 0.1) is 6.20 Å². The Hall–Kier alpha value is -0.920. The highest BCUT2D eigenvalue weighted by Gasteiger charge is 2.14. The van der Waals surface area contributed by atoms with E-state index in [2.05, 4.69) is 39.3 Å². The molecule has 0 N–H and O–H groups in total. The Kier molecular flexibility index (Phi) is 10.4. The van der Waals surface area contributed by atoms with Crippen molar-refractivity contribution in [2.45, 2.75) is 66.2 Å².